The van der Waals surface area contributed by atoms with Crippen molar-refractivity contribution in [3.63, 3.8) is 0 Å². The maximum atomic E-state index is 12.2. The van der Waals surface area contributed by atoms with E-state index in [0.29, 0.717) is 17.7 Å². The molecule has 0 spiro atoms. The second-order valence-corrected chi connectivity index (χ2v) is 5.74. The Morgan fingerprint density at radius 3 is 2.89 bits per heavy atom. The highest BCUT2D eigenvalue weighted by atomic mass is 16.5. The van der Waals surface area contributed by atoms with Gasteiger partial charge in [0.25, 0.3) is 5.91 Å². The van der Waals surface area contributed by atoms with Crippen molar-refractivity contribution in [2.75, 3.05) is 6.61 Å². The number of carbonyl (C=O) groups is 1. The molecule has 1 aliphatic heterocycles. The van der Waals surface area contributed by atoms with Gasteiger partial charge in [-0.25, -0.2) is 0 Å². The van der Waals surface area contributed by atoms with E-state index in [1.54, 1.807) is 25.1 Å². The average Bonchev–Trinajstić information content (AvgIpc) is 2.31. The van der Waals surface area contributed by atoms with Crippen LogP contribution in [0.25, 0.3) is 0 Å². The molecule has 0 radical (unpaired) electrons. The number of carbonyl (C=O) groups excluding carboxylic acids is 1. The molecule has 0 aliphatic carbocycles. The van der Waals surface area contributed by atoms with E-state index in [2.05, 4.69) is 5.32 Å². The van der Waals surface area contributed by atoms with Gasteiger partial charge in [0.1, 0.15) is 5.75 Å². The van der Waals surface area contributed by atoms with Gasteiger partial charge in [-0.1, -0.05) is 12.1 Å². The molecule has 0 aromatic heterocycles. The minimum atomic E-state index is -0.219. The third-order valence-corrected chi connectivity index (χ3v) is 3.51. The third kappa shape index (κ3) is 3.26. The number of aromatic hydroxyl groups is 1. The number of amides is 1. The molecule has 1 fully saturated rings. The predicted molar refractivity (Wildman–Crippen MR) is 73.4 cm³/mol. The number of nitrogens with one attached hydrogen (secondary N) is 1. The molecule has 0 bridgehead atoms. The molecule has 1 atom stereocenters. The Morgan fingerprint density at radius 1 is 1.47 bits per heavy atom. The molecule has 1 amide bonds. The Morgan fingerprint density at radius 2 is 2.21 bits per heavy atom. The van der Waals surface area contributed by atoms with E-state index >= 15 is 0 Å². The highest BCUT2D eigenvalue weighted by molar-refractivity contribution is 5.97. The maximum Gasteiger partial charge on any atom is 0.255 e. The normalized spacial score (nSPS) is 21.9. The molecule has 2 N–H and O–H groups in total. The van der Waals surface area contributed by atoms with Crippen LogP contribution in [0.3, 0.4) is 0 Å². The number of hydrogen-bond acceptors (Lipinski definition) is 3. The summed E-state index contributed by atoms with van der Waals surface area (Å²) in [4.78, 5) is 12.2. The molecule has 0 saturated carbocycles. The second-order valence-electron chi connectivity index (χ2n) is 5.74. The Labute approximate surface area is 113 Å². The van der Waals surface area contributed by atoms with Gasteiger partial charge in [-0.05, 0) is 45.2 Å². The van der Waals surface area contributed by atoms with Gasteiger partial charge in [-0.2, -0.15) is 0 Å². The monoisotopic (exact) mass is 263 g/mol. The van der Waals surface area contributed by atoms with Gasteiger partial charge in [-0.3, -0.25) is 4.79 Å². The van der Waals surface area contributed by atoms with Gasteiger partial charge in [0, 0.05) is 12.6 Å². The number of benzene rings is 1. The molecule has 19 heavy (non-hydrogen) atoms. The maximum absolute atomic E-state index is 12.2. The third-order valence-electron chi connectivity index (χ3n) is 3.51. The first-order chi connectivity index (χ1) is 8.89. The van der Waals surface area contributed by atoms with Crippen molar-refractivity contribution >= 4 is 5.91 Å². The number of para-hydroxylation sites is 1. The number of aryl methyl sites for hydroxylation is 1. The quantitative estimate of drug-likeness (QED) is 0.861. The van der Waals surface area contributed by atoms with Crippen molar-refractivity contribution < 1.29 is 14.6 Å². The van der Waals surface area contributed by atoms with Crippen molar-refractivity contribution in [3.05, 3.63) is 29.3 Å². The van der Waals surface area contributed by atoms with E-state index in [1.807, 2.05) is 13.8 Å². The number of phenols is 1. The lowest BCUT2D eigenvalue weighted by Gasteiger charge is -2.35. The van der Waals surface area contributed by atoms with Crippen molar-refractivity contribution in [1.29, 1.82) is 0 Å². The predicted octanol–water partition coefficient (Wildman–Crippen LogP) is 2.39. The van der Waals surface area contributed by atoms with Crippen molar-refractivity contribution in [1.82, 2.24) is 5.32 Å². The molecule has 1 saturated heterocycles. The Balaban J connectivity index is 2.07. The van der Waals surface area contributed by atoms with Crippen LogP contribution in [0.15, 0.2) is 18.2 Å². The zero-order valence-electron chi connectivity index (χ0n) is 11.7. The van der Waals surface area contributed by atoms with Crippen LogP contribution in [0.5, 0.6) is 5.75 Å². The molecule has 1 heterocycles. The summed E-state index contributed by atoms with van der Waals surface area (Å²) in [6.45, 7) is 6.48. The lowest BCUT2D eigenvalue weighted by molar-refractivity contribution is -0.0615. The van der Waals surface area contributed by atoms with E-state index in [4.69, 9.17) is 4.74 Å². The molecule has 1 aromatic rings. The van der Waals surface area contributed by atoms with Gasteiger partial charge in [0.05, 0.1) is 11.2 Å². The SMILES string of the molecule is Cc1cccc(C(=O)NC2CCOC(C)(C)C2)c1O. The summed E-state index contributed by atoms with van der Waals surface area (Å²) in [6, 6.07) is 5.29. The van der Waals surface area contributed by atoms with Crippen molar-refractivity contribution in [2.24, 2.45) is 0 Å². The van der Waals surface area contributed by atoms with Gasteiger partial charge < -0.3 is 15.2 Å². The molecule has 2 rings (SSSR count). The smallest absolute Gasteiger partial charge is 0.255 e. The van der Waals surface area contributed by atoms with Crippen LogP contribution in [0.1, 0.15) is 42.6 Å². The van der Waals surface area contributed by atoms with Crippen molar-refractivity contribution in [2.45, 2.75) is 45.3 Å². The summed E-state index contributed by atoms with van der Waals surface area (Å²) in [5, 5.41) is 12.9. The summed E-state index contributed by atoms with van der Waals surface area (Å²) >= 11 is 0. The van der Waals surface area contributed by atoms with Gasteiger partial charge in [0.15, 0.2) is 0 Å². The topological polar surface area (TPSA) is 58.6 Å². The zero-order valence-corrected chi connectivity index (χ0v) is 11.7. The fraction of sp³-hybridized carbons (Fsp3) is 0.533. The fourth-order valence-electron chi connectivity index (χ4n) is 2.46. The first-order valence-corrected chi connectivity index (χ1v) is 6.62. The molecule has 1 unspecified atom stereocenters. The van der Waals surface area contributed by atoms with E-state index in [9.17, 15) is 9.90 Å². The highest BCUT2D eigenvalue weighted by Gasteiger charge is 2.30. The molecule has 1 aromatic carbocycles. The first-order valence-electron chi connectivity index (χ1n) is 6.62. The summed E-state index contributed by atoms with van der Waals surface area (Å²) < 4.78 is 5.62. The van der Waals surface area contributed by atoms with Gasteiger partial charge in [0.2, 0.25) is 0 Å². The molecule has 4 nitrogen and oxygen atoms in total. The summed E-state index contributed by atoms with van der Waals surface area (Å²) in [7, 11) is 0. The number of ether oxygens (including phenoxy) is 1. The number of hydrogen-bond donors (Lipinski definition) is 2. The molecule has 1 aliphatic rings. The van der Waals surface area contributed by atoms with Gasteiger partial charge >= 0.3 is 0 Å². The van der Waals surface area contributed by atoms with Crippen molar-refractivity contribution in [3.8, 4) is 5.75 Å². The average molecular weight is 263 g/mol. The standard InChI is InChI=1S/C15H21NO3/c1-10-5-4-6-12(13(10)17)14(18)16-11-7-8-19-15(2,3)9-11/h4-6,11,17H,7-9H2,1-3H3,(H,16,18). The number of rotatable bonds is 2. The highest BCUT2D eigenvalue weighted by Crippen LogP contribution is 2.25. The zero-order chi connectivity index (χ0) is 14.0. The second kappa shape index (κ2) is 5.21. The van der Waals surface area contributed by atoms with Crippen LogP contribution in [-0.4, -0.2) is 29.3 Å². The Hall–Kier alpha value is -1.55. The van der Waals surface area contributed by atoms with Crippen LogP contribution in [0.2, 0.25) is 0 Å². The Bertz CT molecular complexity index is 482. The first kappa shape index (κ1) is 13.9. The van der Waals surface area contributed by atoms with E-state index in [0.717, 1.165) is 12.8 Å². The molecule has 4 heteroatoms. The van der Waals surface area contributed by atoms with Crippen LogP contribution in [0.4, 0.5) is 0 Å². The van der Waals surface area contributed by atoms with E-state index in [-0.39, 0.29) is 23.3 Å². The Kier molecular flexibility index (Phi) is 3.80. The minimum Gasteiger partial charge on any atom is -0.507 e. The van der Waals surface area contributed by atoms with Crippen LogP contribution in [0, 0.1) is 6.92 Å². The molecule has 104 valence electrons. The van der Waals surface area contributed by atoms with E-state index in [1.165, 1.54) is 0 Å². The molecular weight excluding hydrogens is 242 g/mol. The van der Waals surface area contributed by atoms with Crippen LogP contribution >= 0.6 is 0 Å². The van der Waals surface area contributed by atoms with Gasteiger partial charge in [-0.15, -0.1) is 0 Å². The summed E-state index contributed by atoms with van der Waals surface area (Å²) in [6.07, 6.45) is 1.59. The van der Waals surface area contributed by atoms with E-state index < -0.39 is 0 Å². The lowest BCUT2D eigenvalue weighted by atomic mass is 9.93. The number of phenolic OH excluding ortho intramolecular Hbond substituents is 1. The van der Waals surface area contributed by atoms with Crippen LogP contribution < -0.4 is 5.32 Å². The fourth-order valence-corrected chi connectivity index (χ4v) is 2.46. The summed E-state index contributed by atoms with van der Waals surface area (Å²) in [5.41, 5.74) is 0.842. The lowest BCUT2D eigenvalue weighted by Crippen LogP contribution is -2.45. The molecular formula is C15H21NO3. The van der Waals surface area contributed by atoms with Crippen LogP contribution in [-0.2, 0) is 4.74 Å². The largest absolute Gasteiger partial charge is 0.507 e. The minimum absolute atomic E-state index is 0.0614. The summed E-state index contributed by atoms with van der Waals surface area (Å²) in [5.74, 6) is -0.157.